The van der Waals surface area contributed by atoms with Gasteiger partial charge in [0.25, 0.3) is 5.91 Å². The highest BCUT2D eigenvalue weighted by Gasteiger charge is 2.58. The fraction of sp³-hybridized carbons (Fsp3) is 0.353. The van der Waals surface area contributed by atoms with E-state index in [0.717, 1.165) is 18.2 Å². The summed E-state index contributed by atoms with van der Waals surface area (Å²) in [7, 11) is 1.36. The number of methoxy groups -OCH3 is 1. The Kier molecular flexibility index (Phi) is 9.10. The SMILES string of the molecule is COc1cc(C(=O)NC[C@](O)(c2cc3c(c(-c4ccc(F)cc4)n2)OC[C@]3(C)C(=O)NCCC(C)(C)O)C(F)(F)F)cc2cccnc12. The molecule has 2 aromatic carbocycles. The van der Waals surface area contributed by atoms with E-state index in [0.29, 0.717) is 10.9 Å². The Labute approximate surface area is 273 Å². The number of aromatic nitrogens is 2. The zero-order valence-corrected chi connectivity index (χ0v) is 26.5. The van der Waals surface area contributed by atoms with Crippen LogP contribution in [0, 0.1) is 5.82 Å². The molecule has 4 aromatic rings. The third-order valence-corrected chi connectivity index (χ3v) is 8.26. The number of nitrogens with zero attached hydrogens (tertiary/aromatic N) is 2. The molecule has 2 atom stereocenters. The van der Waals surface area contributed by atoms with Gasteiger partial charge in [-0.25, -0.2) is 9.37 Å². The first-order valence-corrected chi connectivity index (χ1v) is 14.9. The molecular formula is C34H34F4N4O6. The quantitative estimate of drug-likeness (QED) is 0.180. The molecule has 254 valence electrons. The standard InChI is InChI=1S/C34H34F4N4O6/c1-31(2,45)11-13-40-30(44)32(3)18-48-28-23(32)16-25(42-27(28)19-7-9-22(35)10-8-19)33(46,34(36,37)38)17-41-29(43)21-14-20-6-5-12-39-26(20)24(15-21)47-4/h5-10,12,14-16,45-46H,11,13,17-18H2,1-4H3,(H,40,44)(H,41,43)/t32-,33-/m0/s1. The lowest BCUT2D eigenvalue weighted by molar-refractivity contribution is -0.265. The number of halogens is 4. The van der Waals surface area contributed by atoms with Gasteiger partial charge in [0.2, 0.25) is 11.5 Å². The molecule has 0 unspecified atom stereocenters. The maximum atomic E-state index is 14.9. The molecule has 1 aliphatic heterocycles. The lowest BCUT2D eigenvalue weighted by Crippen LogP contribution is -2.52. The summed E-state index contributed by atoms with van der Waals surface area (Å²) in [6, 6.07) is 11.7. The van der Waals surface area contributed by atoms with Crippen LogP contribution in [0.5, 0.6) is 11.5 Å². The molecule has 3 heterocycles. The number of aliphatic hydroxyl groups is 2. The summed E-state index contributed by atoms with van der Waals surface area (Å²) < 4.78 is 69.6. The molecule has 0 saturated heterocycles. The lowest BCUT2D eigenvalue weighted by atomic mass is 9.81. The summed E-state index contributed by atoms with van der Waals surface area (Å²) >= 11 is 0. The Bertz CT molecular complexity index is 1860. The number of hydrogen-bond donors (Lipinski definition) is 4. The average Bonchev–Trinajstić information content (AvgIpc) is 3.39. The zero-order valence-electron chi connectivity index (χ0n) is 26.5. The van der Waals surface area contributed by atoms with Crippen molar-refractivity contribution in [3.63, 3.8) is 0 Å². The van der Waals surface area contributed by atoms with E-state index >= 15 is 0 Å². The molecule has 2 aromatic heterocycles. The van der Waals surface area contributed by atoms with Gasteiger partial charge in [0, 0.05) is 34.8 Å². The van der Waals surface area contributed by atoms with Crippen molar-refractivity contribution in [2.24, 2.45) is 0 Å². The average molecular weight is 671 g/mol. The van der Waals surface area contributed by atoms with Crippen molar-refractivity contribution >= 4 is 22.7 Å². The largest absolute Gasteiger partial charge is 0.494 e. The third-order valence-electron chi connectivity index (χ3n) is 8.26. The first kappa shape index (κ1) is 34.5. The molecule has 0 saturated carbocycles. The molecule has 10 nitrogen and oxygen atoms in total. The molecule has 4 N–H and O–H groups in total. The minimum absolute atomic E-state index is 0.00616. The molecule has 1 aliphatic rings. The summed E-state index contributed by atoms with van der Waals surface area (Å²) in [6.45, 7) is 3.01. The topological polar surface area (TPSA) is 143 Å². The van der Waals surface area contributed by atoms with Crippen LogP contribution >= 0.6 is 0 Å². The van der Waals surface area contributed by atoms with E-state index in [1.54, 1.807) is 26.0 Å². The Morgan fingerprint density at radius 3 is 2.42 bits per heavy atom. The highest BCUT2D eigenvalue weighted by Crippen LogP contribution is 2.48. The molecule has 0 bridgehead atoms. The second-order valence-corrected chi connectivity index (χ2v) is 12.5. The predicted octanol–water partition coefficient (Wildman–Crippen LogP) is 4.55. The van der Waals surface area contributed by atoms with Gasteiger partial charge >= 0.3 is 6.18 Å². The van der Waals surface area contributed by atoms with Gasteiger partial charge in [0.15, 0.2) is 0 Å². The smallest absolute Gasteiger partial charge is 0.424 e. The first-order valence-electron chi connectivity index (χ1n) is 14.9. The van der Waals surface area contributed by atoms with Crippen LogP contribution in [0.4, 0.5) is 17.6 Å². The van der Waals surface area contributed by atoms with Crippen molar-refractivity contribution in [3.8, 4) is 22.8 Å². The van der Waals surface area contributed by atoms with Crippen LogP contribution < -0.4 is 20.1 Å². The number of nitrogens with one attached hydrogen (secondary N) is 2. The van der Waals surface area contributed by atoms with Gasteiger partial charge in [0.1, 0.15) is 40.5 Å². The van der Waals surface area contributed by atoms with Crippen LogP contribution in [0.2, 0.25) is 0 Å². The number of amides is 2. The Hall–Kier alpha value is -4.82. The van der Waals surface area contributed by atoms with Crippen LogP contribution in [0.1, 0.15) is 48.8 Å². The van der Waals surface area contributed by atoms with Gasteiger partial charge in [-0.2, -0.15) is 13.2 Å². The normalized spacial score (nSPS) is 17.3. The van der Waals surface area contributed by atoms with Crippen molar-refractivity contribution in [2.45, 2.75) is 50.0 Å². The number of pyridine rings is 2. The fourth-order valence-corrected chi connectivity index (χ4v) is 5.36. The minimum atomic E-state index is -5.38. The van der Waals surface area contributed by atoms with Crippen molar-refractivity contribution < 1.29 is 46.8 Å². The van der Waals surface area contributed by atoms with Crippen LogP contribution in [-0.4, -0.2) is 70.6 Å². The Morgan fingerprint density at radius 2 is 1.77 bits per heavy atom. The highest BCUT2D eigenvalue weighted by atomic mass is 19.4. The number of benzene rings is 2. The van der Waals surface area contributed by atoms with Crippen LogP contribution in [0.15, 0.2) is 60.8 Å². The molecule has 0 radical (unpaired) electrons. The summed E-state index contributed by atoms with van der Waals surface area (Å²) in [5.74, 6) is -1.96. The van der Waals surface area contributed by atoms with E-state index in [-0.39, 0.29) is 53.5 Å². The number of rotatable bonds is 10. The van der Waals surface area contributed by atoms with Crippen LogP contribution in [0.25, 0.3) is 22.2 Å². The van der Waals surface area contributed by atoms with Gasteiger partial charge in [-0.15, -0.1) is 0 Å². The minimum Gasteiger partial charge on any atom is -0.494 e. The molecule has 48 heavy (non-hydrogen) atoms. The maximum absolute atomic E-state index is 14.9. The summed E-state index contributed by atoms with van der Waals surface area (Å²) in [4.78, 5) is 35.1. The number of alkyl halides is 3. The van der Waals surface area contributed by atoms with E-state index in [4.69, 9.17) is 9.47 Å². The van der Waals surface area contributed by atoms with E-state index in [2.05, 4.69) is 20.6 Å². The zero-order chi connectivity index (χ0) is 35.1. The molecule has 14 heteroatoms. The van der Waals surface area contributed by atoms with Crippen molar-refractivity contribution in [1.29, 1.82) is 0 Å². The molecule has 0 fully saturated rings. The monoisotopic (exact) mass is 670 g/mol. The number of hydrogen-bond acceptors (Lipinski definition) is 8. The number of fused-ring (bicyclic) bond motifs is 2. The second kappa shape index (κ2) is 12.7. The molecule has 5 rings (SSSR count). The second-order valence-electron chi connectivity index (χ2n) is 12.5. The molecule has 2 amide bonds. The van der Waals surface area contributed by atoms with Crippen molar-refractivity contribution in [2.75, 3.05) is 26.8 Å². The van der Waals surface area contributed by atoms with Crippen molar-refractivity contribution in [1.82, 2.24) is 20.6 Å². The molecular weight excluding hydrogens is 636 g/mol. The van der Waals surface area contributed by atoms with Gasteiger partial charge in [0.05, 0.1) is 24.9 Å². The van der Waals surface area contributed by atoms with Gasteiger partial charge in [-0.05, 0) is 75.7 Å². The van der Waals surface area contributed by atoms with E-state index in [1.165, 1.54) is 44.5 Å². The van der Waals surface area contributed by atoms with E-state index in [1.807, 2.05) is 0 Å². The number of ether oxygens (including phenoxy) is 2. The summed E-state index contributed by atoms with van der Waals surface area (Å²) in [5, 5.41) is 26.8. The lowest BCUT2D eigenvalue weighted by Gasteiger charge is -2.31. The van der Waals surface area contributed by atoms with Gasteiger partial charge in [-0.1, -0.05) is 6.07 Å². The maximum Gasteiger partial charge on any atom is 0.424 e. The van der Waals surface area contributed by atoms with E-state index < -0.39 is 52.7 Å². The molecule has 0 aliphatic carbocycles. The summed E-state index contributed by atoms with van der Waals surface area (Å²) in [6.07, 6.45) is -3.66. The Morgan fingerprint density at radius 1 is 1.06 bits per heavy atom. The summed E-state index contributed by atoms with van der Waals surface area (Å²) in [5.41, 5.74) is -6.94. The van der Waals surface area contributed by atoms with Gasteiger partial charge < -0.3 is 30.3 Å². The van der Waals surface area contributed by atoms with Crippen LogP contribution in [0.3, 0.4) is 0 Å². The van der Waals surface area contributed by atoms with E-state index in [9.17, 15) is 37.4 Å². The highest BCUT2D eigenvalue weighted by molar-refractivity contribution is 6.00. The first-order chi connectivity index (χ1) is 22.5. The van der Waals surface area contributed by atoms with Crippen molar-refractivity contribution in [3.05, 3.63) is 83.4 Å². The van der Waals surface area contributed by atoms with Crippen LogP contribution in [-0.2, 0) is 15.8 Å². The molecule has 0 spiro atoms. The number of carbonyl (C=O) groups is 2. The third kappa shape index (κ3) is 6.62. The van der Waals surface area contributed by atoms with Gasteiger partial charge in [-0.3, -0.25) is 14.6 Å². The Balaban J connectivity index is 1.56. The number of carbonyl (C=O) groups excluding carboxylic acids is 2. The fourth-order valence-electron chi connectivity index (χ4n) is 5.36. The predicted molar refractivity (Wildman–Crippen MR) is 167 cm³/mol.